The first-order valence-electron chi connectivity index (χ1n) is 9.14. The van der Waals surface area contributed by atoms with Crippen molar-refractivity contribution in [2.24, 2.45) is 11.7 Å². The van der Waals surface area contributed by atoms with Crippen LogP contribution in [0.2, 0.25) is 5.02 Å². The van der Waals surface area contributed by atoms with Gasteiger partial charge in [-0.15, -0.1) is 0 Å². The lowest BCUT2D eigenvalue weighted by Gasteiger charge is -2.36. The molecule has 2 atom stereocenters. The summed E-state index contributed by atoms with van der Waals surface area (Å²) in [7, 11) is 0. The smallest absolute Gasteiger partial charge is 0.307 e. The van der Waals surface area contributed by atoms with Gasteiger partial charge in [0, 0.05) is 16.8 Å². The van der Waals surface area contributed by atoms with E-state index in [1.165, 1.54) is 6.42 Å². The van der Waals surface area contributed by atoms with Crippen LogP contribution in [0, 0.1) is 5.92 Å². The number of cyclic esters (lactones) is 1. The van der Waals surface area contributed by atoms with Gasteiger partial charge in [0.2, 0.25) is 5.91 Å². The molecular formula is C20H25ClN2O3. The van der Waals surface area contributed by atoms with Crippen LogP contribution in [0.4, 0.5) is 0 Å². The monoisotopic (exact) mass is 376 g/mol. The Morgan fingerprint density at radius 2 is 1.88 bits per heavy atom. The van der Waals surface area contributed by atoms with Crippen LogP contribution in [-0.2, 0) is 14.3 Å². The van der Waals surface area contributed by atoms with Crippen LogP contribution >= 0.6 is 11.6 Å². The minimum atomic E-state index is -0.579. The maximum atomic E-state index is 13.3. The van der Waals surface area contributed by atoms with Crippen molar-refractivity contribution in [3.05, 3.63) is 47.1 Å². The van der Waals surface area contributed by atoms with Gasteiger partial charge in [0.25, 0.3) is 0 Å². The number of hydrogen-bond donors (Lipinski definition) is 1. The lowest BCUT2D eigenvalue weighted by Crippen LogP contribution is -2.46. The number of nitrogens with two attached hydrogens (primary N) is 1. The molecule has 1 aromatic carbocycles. The molecule has 0 spiro atoms. The predicted molar refractivity (Wildman–Crippen MR) is 100 cm³/mol. The Balaban J connectivity index is 1.84. The van der Waals surface area contributed by atoms with Crippen LogP contribution in [0.15, 0.2) is 36.5 Å². The number of rotatable bonds is 5. The molecule has 1 aliphatic carbocycles. The van der Waals surface area contributed by atoms with Gasteiger partial charge in [0.1, 0.15) is 6.10 Å². The van der Waals surface area contributed by atoms with Crippen molar-refractivity contribution in [3.8, 4) is 0 Å². The largest absolute Gasteiger partial charge is 0.457 e. The molecule has 26 heavy (non-hydrogen) atoms. The molecule has 1 amide bonds. The summed E-state index contributed by atoms with van der Waals surface area (Å²) in [5.74, 6) is -0.960. The molecular weight excluding hydrogens is 352 g/mol. The fourth-order valence-corrected chi connectivity index (χ4v) is 4.07. The molecule has 0 unspecified atom stereocenters. The summed E-state index contributed by atoms with van der Waals surface area (Å²) in [6.07, 6.45) is 4.84. The number of nitrogens with zero attached hydrogens (tertiary/aromatic N) is 1. The van der Waals surface area contributed by atoms with Crippen LogP contribution in [0.5, 0.6) is 0 Å². The van der Waals surface area contributed by atoms with Crippen molar-refractivity contribution in [1.29, 1.82) is 0 Å². The van der Waals surface area contributed by atoms with Crippen LogP contribution in [-0.4, -0.2) is 29.4 Å². The number of amides is 1. The minimum absolute atomic E-state index is 0.0747. The van der Waals surface area contributed by atoms with Crippen molar-refractivity contribution >= 4 is 23.5 Å². The van der Waals surface area contributed by atoms with Crippen molar-refractivity contribution in [2.45, 2.75) is 50.7 Å². The van der Waals surface area contributed by atoms with Gasteiger partial charge in [-0.2, -0.15) is 0 Å². The van der Waals surface area contributed by atoms with Crippen molar-refractivity contribution in [1.82, 2.24) is 4.90 Å². The maximum absolute atomic E-state index is 13.3. The van der Waals surface area contributed by atoms with Gasteiger partial charge in [-0.1, -0.05) is 49.6 Å². The number of benzene rings is 1. The quantitative estimate of drug-likeness (QED) is 0.797. The van der Waals surface area contributed by atoms with E-state index in [9.17, 15) is 9.59 Å². The highest BCUT2D eigenvalue weighted by Gasteiger charge is 2.43. The Labute approximate surface area is 159 Å². The Kier molecular flexibility index (Phi) is 5.87. The Bertz CT molecular complexity index is 683. The Hall–Kier alpha value is -2.01. The molecule has 1 saturated heterocycles. The first-order valence-corrected chi connectivity index (χ1v) is 9.52. The van der Waals surface area contributed by atoms with E-state index in [2.05, 4.69) is 6.58 Å². The molecule has 2 fully saturated rings. The Morgan fingerprint density at radius 3 is 2.50 bits per heavy atom. The van der Waals surface area contributed by atoms with Crippen LogP contribution in [0.25, 0.3) is 0 Å². The highest BCUT2D eigenvalue weighted by Crippen LogP contribution is 2.38. The summed E-state index contributed by atoms with van der Waals surface area (Å²) in [4.78, 5) is 27.1. The molecule has 5 nitrogen and oxygen atoms in total. The van der Waals surface area contributed by atoms with Crippen LogP contribution in [0.1, 0.15) is 50.2 Å². The topological polar surface area (TPSA) is 72.6 Å². The summed E-state index contributed by atoms with van der Waals surface area (Å²) in [6.45, 7) is 4.09. The van der Waals surface area contributed by atoms with Gasteiger partial charge in [0.05, 0.1) is 18.9 Å². The normalized spacial score (nSPS) is 23.5. The highest BCUT2D eigenvalue weighted by atomic mass is 35.5. The zero-order valence-corrected chi connectivity index (χ0v) is 15.6. The average molecular weight is 377 g/mol. The lowest BCUT2D eigenvalue weighted by molar-refractivity contribution is -0.143. The fraction of sp³-hybridized carbons (Fsp3) is 0.500. The third-order valence-corrected chi connectivity index (χ3v) is 5.45. The average Bonchev–Trinajstić information content (AvgIpc) is 3.02. The van der Waals surface area contributed by atoms with Gasteiger partial charge in [-0.25, -0.2) is 0 Å². The molecule has 2 N–H and O–H groups in total. The fourth-order valence-electron chi connectivity index (χ4n) is 3.94. The predicted octanol–water partition coefficient (Wildman–Crippen LogP) is 3.58. The van der Waals surface area contributed by atoms with Crippen molar-refractivity contribution < 1.29 is 14.3 Å². The molecule has 2 aliphatic rings. The second-order valence-electron chi connectivity index (χ2n) is 7.19. The van der Waals surface area contributed by atoms with E-state index in [-0.39, 0.29) is 24.3 Å². The van der Waals surface area contributed by atoms with Crippen molar-refractivity contribution in [2.75, 3.05) is 6.54 Å². The van der Waals surface area contributed by atoms with Crippen LogP contribution < -0.4 is 5.73 Å². The molecule has 1 aromatic rings. The van der Waals surface area contributed by atoms with E-state index in [4.69, 9.17) is 22.1 Å². The van der Waals surface area contributed by atoms with E-state index in [1.54, 1.807) is 24.3 Å². The third kappa shape index (κ3) is 4.21. The van der Waals surface area contributed by atoms with E-state index >= 15 is 0 Å². The number of esters is 1. The summed E-state index contributed by atoms with van der Waals surface area (Å²) >= 11 is 5.95. The molecule has 0 bridgehead atoms. The zero-order valence-electron chi connectivity index (χ0n) is 14.8. The van der Waals surface area contributed by atoms with Gasteiger partial charge in [-0.3, -0.25) is 9.59 Å². The lowest BCUT2D eigenvalue weighted by atomic mass is 9.90. The molecule has 1 heterocycles. The van der Waals surface area contributed by atoms with E-state index in [0.717, 1.165) is 31.2 Å². The highest BCUT2D eigenvalue weighted by molar-refractivity contribution is 6.30. The molecule has 1 aliphatic heterocycles. The Morgan fingerprint density at radius 1 is 1.23 bits per heavy atom. The van der Waals surface area contributed by atoms with Crippen molar-refractivity contribution in [3.63, 3.8) is 0 Å². The number of ether oxygens (including phenoxy) is 1. The SMILES string of the molecule is C=C(N)CN(C(=O)[C@H]1CC(=O)O[C@@H]1c1ccc(Cl)cc1)C1CCCCC1. The number of halogens is 1. The zero-order chi connectivity index (χ0) is 18.7. The van der Waals surface area contributed by atoms with Gasteiger partial charge in [0.15, 0.2) is 0 Å². The van der Waals surface area contributed by atoms with Gasteiger partial charge in [-0.05, 0) is 30.5 Å². The second-order valence-corrected chi connectivity index (χ2v) is 7.63. The van der Waals surface area contributed by atoms with Crippen LogP contribution in [0.3, 0.4) is 0 Å². The molecule has 0 radical (unpaired) electrons. The standard InChI is InChI=1S/C20H25ClN2O3/c1-13(22)12-23(16-5-3-2-4-6-16)20(25)17-11-18(24)26-19(17)14-7-9-15(21)10-8-14/h7-10,16-17,19H,1-6,11-12,22H2/t17-,19+/m0/s1. The van der Waals surface area contributed by atoms with Gasteiger partial charge >= 0.3 is 5.97 Å². The van der Waals surface area contributed by atoms with Gasteiger partial charge < -0.3 is 15.4 Å². The summed E-state index contributed by atoms with van der Waals surface area (Å²) < 4.78 is 5.48. The molecule has 1 saturated carbocycles. The molecule has 140 valence electrons. The van der Waals surface area contributed by atoms with E-state index in [0.29, 0.717) is 17.3 Å². The maximum Gasteiger partial charge on any atom is 0.307 e. The van der Waals surface area contributed by atoms with E-state index < -0.39 is 12.0 Å². The number of carbonyl (C=O) groups is 2. The van der Waals surface area contributed by atoms with E-state index in [1.807, 2.05) is 4.90 Å². The summed E-state index contributed by atoms with van der Waals surface area (Å²) in [5.41, 5.74) is 7.07. The molecule has 3 rings (SSSR count). The summed E-state index contributed by atoms with van der Waals surface area (Å²) in [5, 5.41) is 0.601. The summed E-state index contributed by atoms with van der Waals surface area (Å²) in [6, 6.07) is 7.24. The first-order chi connectivity index (χ1) is 12.5. The third-order valence-electron chi connectivity index (χ3n) is 5.20. The number of hydrogen-bond acceptors (Lipinski definition) is 4. The molecule has 6 heteroatoms. The second kappa shape index (κ2) is 8.12. The minimum Gasteiger partial charge on any atom is -0.457 e. The molecule has 0 aromatic heterocycles. The number of carbonyl (C=O) groups excluding carboxylic acids is 2. The first kappa shape index (κ1) is 18.8.